The van der Waals surface area contributed by atoms with Crippen molar-refractivity contribution in [2.75, 3.05) is 18.1 Å². The molecule has 0 aromatic carbocycles. The Morgan fingerprint density at radius 2 is 2.21 bits per heavy atom. The molecule has 1 amide bonds. The van der Waals surface area contributed by atoms with Crippen LogP contribution in [0, 0.1) is 11.8 Å². The predicted octanol–water partition coefficient (Wildman–Crippen LogP) is -0.237. The van der Waals surface area contributed by atoms with Crippen LogP contribution in [-0.2, 0) is 14.6 Å². The SMILES string of the molecule is CC(C(=O)Nc1cccc(C#CCN)n1)S(C)(=O)=O. The zero-order chi connectivity index (χ0) is 14.5. The van der Waals surface area contributed by atoms with Crippen LogP contribution >= 0.6 is 0 Å². The minimum Gasteiger partial charge on any atom is -0.320 e. The number of nitrogens with two attached hydrogens (primary N) is 1. The predicted molar refractivity (Wildman–Crippen MR) is 73.1 cm³/mol. The Hall–Kier alpha value is -1.91. The first-order valence-electron chi connectivity index (χ1n) is 5.50. The van der Waals surface area contributed by atoms with Crippen molar-refractivity contribution in [3.63, 3.8) is 0 Å². The molecule has 1 aromatic heterocycles. The summed E-state index contributed by atoms with van der Waals surface area (Å²) in [6.07, 6.45) is 1.01. The molecule has 0 fully saturated rings. The van der Waals surface area contributed by atoms with Gasteiger partial charge in [-0.15, -0.1) is 0 Å². The van der Waals surface area contributed by atoms with Gasteiger partial charge in [0, 0.05) is 6.26 Å². The molecule has 1 unspecified atom stereocenters. The summed E-state index contributed by atoms with van der Waals surface area (Å²) in [6.45, 7) is 1.53. The lowest BCUT2D eigenvalue weighted by atomic mass is 10.3. The normalized spacial score (nSPS) is 12.2. The molecule has 0 aliphatic rings. The molecule has 0 radical (unpaired) electrons. The maximum absolute atomic E-state index is 11.7. The number of pyridine rings is 1. The third-order valence-corrected chi connectivity index (χ3v) is 3.83. The highest BCUT2D eigenvalue weighted by molar-refractivity contribution is 7.92. The summed E-state index contributed by atoms with van der Waals surface area (Å²) in [5.74, 6) is 4.99. The molecule has 0 saturated heterocycles. The first-order chi connectivity index (χ1) is 8.84. The number of sulfone groups is 1. The number of nitrogens with zero attached hydrogens (tertiary/aromatic N) is 1. The van der Waals surface area contributed by atoms with Crippen LogP contribution in [0.1, 0.15) is 12.6 Å². The van der Waals surface area contributed by atoms with Crippen LogP contribution in [-0.4, -0.2) is 37.4 Å². The summed E-state index contributed by atoms with van der Waals surface area (Å²) in [4.78, 5) is 15.8. The quantitative estimate of drug-likeness (QED) is 0.745. The van der Waals surface area contributed by atoms with Crippen LogP contribution < -0.4 is 11.1 Å². The second-order valence-corrected chi connectivity index (χ2v) is 6.24. The van der Waals surface area contributed by atoms with E-state index < -0.39 is 21.0 Å². The number of carbonyl (C=O) groups is 1. The number of amides is 1. The van der Waals surface area contributed by atoms with Crippen molar-refractivity contribution in [3.8, 4) is 11.8 Å². The number of hydrogen-bond acceptors (Lipinski definition) is 5. The van der Waals surface area contributed by atoms with E-state index in [4.69, 9.17) is 5.73 Å². The lowest BCUT2D eigenvalue weighted by molar-refractivity contribution is -0.115. The standard InChI is InChI=1S/C12H15N3O3S/c1-9(19(2,17)18)12(16)15-11-7-3-5-10(14-11)6-4-8-13/h3,5,7,9H,8,13H2,1-2H3,(H,14,15,16). The van der Waals surface area contributed by atoms with Gasteiger partial charge in [-0.3, -0.25) is 4.79 Å². The number of nitrogens with one attached hydrogen (secondary N) is 1. The van der Waals surface area contributed by atoms with E-state index in [1.54, 1.807) is 18.2 Å². The summed E-state index contributed by atoms with van der Waals surface area (Å²) < 4.78 is 22.5. The van der Waals surface area contributed by atoms with Crippen LogP contribution in [0.2, 0.25) is 0 Å². The van der Waals surface area contributed by atoms with Gasteiger partial charge in [0.1, 0.15) is 16.8 Å². The van der Waals surface area contributed by atoms with Gasteiger partial charge in [-0.1, -0.05) is 12.0 Å². The van der Waals surface area contributed by atoms with Gasteiger partial charge >= 0.3 is 0 Å². The van der Waals surface area contributed by atoms with Crippen LogP contribution in [0.4, 0.5) is 5.82 Å². The fraction of sp³-hybridized carbons (Fsp3) is 0.333. The summed E-state index contributed by atoms with van der Waals surface area (Å²) in [6, 6.07) is 4.88. The largest absolute Gasteiger partial charge is 0.320 e. The van der Waals surface area contributed by atoms with Crippen LogP contribution in [0.25, 0.3) is 0 Å². The Morgan fingerprint density at radius 3 is 2.79 bits per heavy atom. The van der Waals surface area contributed by atoms with Crippen molar-refractivity contribution in [3.05, 3.63) is 23.9 Å². The molecule has 102 valence electrons. The van der Waals surface area contributed by atoms with Crippen LogP contribution in [0.5, 0.6) is 0 Å². The molecular formula is C12H15N3O3S. The topological polar surface area (TPSA) is 102 Å². The Morgan fingerprint density at radius 1 is 1.53 bits per heavy atom. The number of anilines is 1. The molecule has 7 heteroatoms. The summed E-state index contributed by atoms with van der Waals surface area (Å²) >= 11 is 0. The number of carbonyl (C=O) groups excluding carboxylic acids is 1. The fourth-order valence-corrected chi connectivity index (χ4v) is 1.59. The third-order valence-electron chi connectivity index (χ3n) is 2.33. The lowest BCUT2D eigenvalue weighted by Gasteiger charge is -2.09. The first kappa shape index (κ1) is 15.1. The van der Waals surface area contributed by atoms with E-state index in [1.165, 1.54) is 6.92 Å². The van der Waals surface area contributed by atoms with Crippen LogP contribution in [0.15, 0.2) is 18.2 Å². The number of hydrogen-bond donors (Lipinski definition) is 2. The van der Waals surface area contributed by atoms with E-state index in [0.29, 0.717) is 5.69 Å². The zero-order valence-electron chi connectivity index (χ0n) is 10.7. The van der Waals surface area contributed by atoms with Crippen molar-refractivity contribution < 1.29 is 13.2 Å². The van der Waals surface area contributed by atoms with Gasteiger partial charge in [-0.05, 0) is 25.0 Å². The Balaban J connectivity index is 2.86. The van der Waals surface area contributed by atoms with Gasteiger partial charge in [0.05, 0.1) is 6.54 Å². The maximum Gasteiger partial charge on any atom is 0.243 e. The Kier molecular flexibility index (Phi) is 5.03. The Labute approximate surface area is 112 Å². The highest BCUT2D eigenvalue weighted by Gasteiger charge is 2.23. The maximum atomic E-state index is 11.7. The average molecular weight is 281 g/mol. The monoisotopic (exact) mass is 281 g/mol. The van der Waals surface area contributed by atoms with Gasteiger partial charge in [0.25, 0.3) is 0 Å². The van der Waals surface area contributed by atoms with E-state index >= 15 is 0 Å². The van der Waals surface area contributed by atoms with Gasteiger partial charge < -0.3 is 11.1 Å². The fourth-order valence-electron chi connectivity index (χ4n) is 1.14. The van der Waals surface area contributed by atoms with E-state index in [0.717, 1.165) is 6.26 Å². The molecule has 0 aliphatic carbocycles. The molecule has 3 N–H and O–H groups in total. The van der Waals surface area contributed by atoms with Crippen molar-refractivity contribution in [2.45, 2.75) is 12.2 Å². The van der Waals surface area contributed by atoms with Crippen molar-refractivity contribution in [1.29, 1.82) is 0 Å². The molecule has 0 aliphatic heterocycles. The molecule has 1 atom stereocenters. The van der Waals surface area contributed by atoms with Crippen LogP contribution in [0.3, 0.4) is 0 Å². The minimum absolute atomic E-state index is 0.212. The molecule has 0 bridgehead atoms. The molecule has 1 heterocycles. The minimum atomic E-state index is -3.43. The summed E-state index contributed by atoms with van der Waals surface area (Å²) in [5, 5.41) is 1.31. The van der Waals surface area contributed by atoms with E-state index in [1.807, 2.05) is 0 Å². The van der Waals surface area contributed by atoms with Crippen molar-refractivity contribution in [1.82, 2.24) is 4.98 Å². The molecule has 6 nitrogen and oxygen atoms in total. The van der Waals surface area contributed by atoms with Gasteiger partial charge in [-0.2, -0.15) is 0 Å². The summed E-state index contributed by atoms with van der Waals surface area (Å²) in [5.41, 5.74) is 5.70. The highest BCUT2D eigenvalue weighted by atomic mass is 32.2. The molecule has 19 heavy (non-hydrogen) atoms. The van der Waals surface area contributed by atoms with Crippen molar-refractivity contribution in [2.24, 2.45) is 5.73 Å². The smallest absolute Gasteiger partial charge is 0.243 e. The molecular weight excluding hydrogens is 266 g/mol. The molecule has 0 spiro atoms. The molecule has 1 aromatic rings. The zero-order valence-corrected chi connectivity index (χ0v) is 11.5. The summed E-state index contributed by atoms with van der Waals surface area (Å²) in [7, 11) is -3.43. The van der Waals surface area contributed by atoms with Gasteiger partial charge in [0.15, 0.2) is 9.84 Å². The van der Waals surface area contributed by atoms with Crippen molar-refractivity contribution >= 4 is 21.6 Å². The molecule has 1 rings (SSSR count). The molecule has 0 saturated carbocycles. The number of rotatable bonds is 3. The first-order valence-corrected chi connectivity index (χ1v) is 7.46. The van der Waals surface area contributed by atoms with Gasteiger partial charge in [-0.25, -0.2) is 13.4 Å². The number of aromatic nitrogens is 1. The second kappa shape index (κ2) is 6.31. The van der Waals surface area contributed by atoms with E-state index in [-0.39, 0.29) is 12.4 Å². The lowest BCUT2D eigenvalue weighted by Crippen LogP contribution is -2.32. The van der Waals surface area contributed by atoms with E-state index in [2.05, 4.69) is 22.1 Å². The third kappa shape index (κ3) is 4.69. The highest BCUT2D eigenvalue weighted by Crippen LogP contribution is 2.07. The van der Waals surface area contributed by atoms with Gasteiger partial charge in [0.2, 0.25) is 5.91 Å². The van der Waals surface area contributed by atoms with E-state index in [9.17, 15) is 13.2 Å². The average Bonchev–Trinajstić information content (AvgIpc) is 2.34. The second-order valence-electron chi connectivity index (χ2n) is 3.87. The Bertz CT molecular complexity index is 629.